The van der Waals surface area contributed by atoms with Crippen LogP contribution in [0, 0.1) is 5.41 Å². The molecule has 0 spiro atoms. The fourth-order valence-corrected chi connectivity index (χ4v) is 2.07. The highest BCUT2D eigenvalue weighted by Gasteiger charge is 2.26. The Morgan fingerprint density at radius 3 is 3.06 bits per heavy atom. The van der Waals surface area contributed by atoms with E-state index in [1.165, 1.54) is 9.13 Å². The van der Waals surface area contributed by atoms with E-state index >= 15 is 0 Å². The summed E-state index contributed by atoms with van der Waals surface area (Å²) in [5, 5.41) is 16.4. The maximum atomic E-state index is 11.9. The predicted molar refractivity (Wildman–Crippen MR) is 60.4 cm³/mol. The first-order valence-corrected chi connectivity index (χ1v) is 5.72. The van der Waals surface area contributed by atoms with Gasteiger partial charge in [-0.3, -0.25) is 14.5 Å². The highest BCUT2D eigenvalue weighted by atomic mass is 16.5. The average Bonchev–Trinajstić information content (AvgIpc) is 2.75. The maximum absolute atomic E-state index is 11.9. The van der Waals surface area contributed by atoms with E-state index < -0.39 is 0 Å². The average molecular weight is 239 g/mol. The van der Waals surface area contributed by atoms with E-state index in [0.29, 0.717) is 6.42 Å². The lowest BCUT2D eigenvalue weighted by atomic mass is 10.2. The molecule has 2 N–H and O–H groups in total. The quantitative estimate of drug-likeness (QED) is 0.761. The van der Waals surface area contributed by atoms with Gasteiger partial charge in [0.2, 0.25) is 0 Å². The molecule has 0 aromatic carbocycles. The zero-order chi connectivity index (χ0) is 12.4. The molecule has 1 saturated heterocycles. The Kier molecular flexibility index (Phi) is 3.44. The Labute approximate surface area is 98.6 Å². The summed E-state index contributed by atoms with van der Waals surface area (Å²) in [5.74, 6) is 0. The number of ether oxygens (including phenoxy) is 1. The highest BCUT2D eigenvalue weighted by Crippen LogP contribution is 2.28. The van der Waals surface area contributed by atoms with Gasteiger partial charge in [-0.25, -0.2) is 4.79 Å². The highest BCUT2D eigenvalue weighted by molar-refractivity contribution is 4.86. The summed E-state index contributed by atoms with van der Waals surface area (Å²) in [6, 6.07) is 1.57. The second-order valence-corrected chi connectivity index (χ2v) is 4.25. The topological polar surface area (TPSA) is 80.2 Å². The van der Waals surface area contributed by atoms with Crippen LogP contribution in [0.2, 0.25) is 0 Å². The minimum atomic E-state index is -0.272. The van der Waals surface area contributed by atoms with Crippen molar-refractivity contribution in [3.63, 3.8) is 0 Å². The van der Waals surface area contributed by atoms with E-state index in [-0.39, 0.29) is 30.1 Å². The molecule has 6 nitrogen and oxygen atoms in total. The van der Waals surface area contributed by atoms with E-state index in [9.17, 15) is 4.79 Å². The molecule has 6 heteroatoms. The molecule has 2 heterocycles. The van der Waals surface area contributed by atoms with E-state index in [0.717, 1.165) is 12.8 Å². The number of hydrogen-bond acceptors (Lipinski definition) is 4. The Balaban J connectivity index is 2.22. The summed E-state index contributed by atoms with van der Waals surface area (Å²) in [6.07, 6.45) is 3.57. The number of aliphatic hydroxyl groups is 1. The van der Waals surface area contributed by atoms with Gasteiger partial charge in [0.05, 0.1) is 6.10 Å². The van der Waals surface area contributed by atoms with Crippen molar-refractivity contribution in [3.8, 4) is 0 Å². The molecule has 1 aromatic rings. The van der Waals surface area contributed by atoms with Gasteiger partial charge in [-0.05, 0) is 25.3 Å². The third-order valence-electron chi connectivity index (χ3n) is 3.11. The third kappa shape index (κ3) is 2.32. The van der Waals surface area contributed by atoms with Crippen LogP contribution in [0.1, 0.15) is 25.5 Å². The number of rotatable bonds is 3. The Hall–Kier alpha value is -1.40. The minimum Gasteiger partial charge on any atom is -0.396 e. The van der Waals surface area contributed by atoms with Gasteiger partial charge < -0.3 is 9.84 Å². The van der Waals surface area contributed by atoms with Crippen molar-refractivity contribution in [2.45, 2.75) is 31.6 Å². The van der Waals surface area contributed by atoms with Crippen molar-refractivity contribution in [2.24, 2.45) is 7.05 Å². The van der Waals surface area contributed by atoms with Crippen molar-refractivity contribution in [3.05, 3.63) is 28.2 Å². The molecule has 2 unspecified atom stereocenters. The summed E-state index contributed by atoms with van der Waals surface area (Å²) < 4.78 is 8.48. The maximum Gasteiger partial charge on any atom is 0.331 e. The van der Waals surface area contributed by atoms with Crippen LogP contribution in [-0.4, -0.2) is 27.0 Å². The van der Waals surface area contributed by atoms with Gasteiger partial charge in [-0.2, -0.15) is 0 Å². The van der Waals surface area contributed by atoms with Crippen LogP contribution in [0.15, 0.2) is 17.1 Å². The molecular formula is C11H17N3O3. The second kappa shape index (κ2) is 4.85. The normalized spacial score (nSPS) is 24.1. The Morgan fingerprint density at radius 2 is 2.35 bits per heavy atom. The summed E-state index contributed by atoms with van der Waals surface area (Å²) in [6.45, 7) is 0.103. The molecular weight excluding hydrogens is 222 g/mol. The zero-order valence-corrected chi connectivity index (χ0v) is 9.80. The number of aromatic nitrogens is 2. The van der Waals surface area contributed by atoms with Gasteiger partial charge in [0.15, 0.2) is 0 Å². The second-order valence-electron chi connectivity index (χ2n) is 4.25. The van der Waals surface area contributed by atoms with Gasteiger partial charge in [-0.1, -0.05) is 0 Å². The molecule has 1 aliphatic rings. The lowest BCUT2D eigenvalue weighted by Crippen LogP contribution is -2.38. The summed E-state index contributed by atoms with van der Waals surface area (Å²) >= 11 is 0. The smallest absolute Gasteiger partial charge is 0.331 e. The number of hydrogen-bond donors (Lipinski definition) is 2. The van der Waals surface area contributed by atoms with Crippen LogP contribution < -0.4 is 11.2 Å². The predicted octanol–water partition coefficient (Wildman–Crippen LogP) is -0.274. The van der Waals surface area contributed by atoms with Crippen LogP contribution in [0.5, 0.6) is 0 Å². The van der Waals surface area contributed by atoms with Crippen molar-refractivity contribution in [1.29, 1.82) is 5.41 Å². The number of aliphatic hydroxyl groups excluding tert-OH is 1. The third-order valence-corrected chi connectivity index (χ3v) is 3.11. The lowest BCUT2D eigenvalue weighted by molar-refractivity contribution is -0.0109. The molecule has 0 radical (unpaired) electrons. The molecule has 2 atom stereocenters. The first-order valence-electron chi connectivity index (χ1n) is 5.72. The molecule has 94 valence electrons. The van der Waals surface area contributed by atoms with Crippen LogP contribution in [0.4, 0.5) is 0 Å². The van der Waals surface area contributed by atoms with Crippen molar-refractivity contribution >= 4 is 0 Å². The SMILES string of the molecule is Cn1c(=N)ccn(C2CCC(CCO)O2)c1=O. The minimum absolute atomic E-state index is 0.0258. The fraction of sp³-hybridized carbons (Fsp3) is 0.636. The largest absolute Gasteiger partial charge is 0.396 e. The van der Waals surface area contributed by atoms with Gasteiger partial charge in [0.1, 0.15) is 11.7 Å². The van der Waals surface area contributed by atoms with Gasteiger partial charge in [0.25, 0.3) is 0 Å². The molecule has 0 saturated carbocycles. The molecule has 1 aliphatic heterocycles. The van der Waals surface area contributed by atoms with E-state index in [4.69, 9.17) is 15.3 Å². The summed E-state index contributed by atoms with van der Waals surface area (Å²) in [7, 11) is 1.57. The number of nitrogens with zero attached hydrogens (tertiary/aromatic N) is 2. The van der Waals surface area contributed by atoms with E-state index in [2.05, 4.69) is 0 Å². The molecule has 0 bridgehead atoms. The molecule has 2 rings (SSSR count). The van der Waals surface area contributed by atoms with E-state index in [1.807, 2.05) is 0 Å². The van der Waals surface area contributed by atoms with Crippen molar-refractivity contribution in [2.75, 3.05) is 6.61 Å². The van der Waals surface area contributed by atoms with Gasteiger partial charge in [0, 0.05) is 19.9 Å². The monoisotopic (exact) mass is 239 g/mol. The van der Waals surface area contributed by atoms with Crippen LogP contribution in [-0.2, 0) is 11.8 Å². The number of nitrogens with one attached hydrogen (secondary N) is 1. The van der Waals surface area contributed by atoms with Crippen LogP contribution in [0.25, 0.3) is 0 Å². The molecule has 0 amide bonds. The van der Waals surface area contributed by atoms with Crippen LogP contribution in [0.3, 0.4) is 0 Å². The summed E-state index contributed by atoms with van der Waals surface area (Å²) in [5.41, 5.74) is -0.0664. The summed E-state index contributed by atoms with van der Waals surface area (Å²) in [4.78, 5) is 11.9. The Bertz CT molecular complexity index is 505. The van der Waals surface area contributed by atoms with Gasteiger partial charge in [-0.15, -0.1) is 0 Å². The molecule has 1 fully saturated rings. The van der Waals surface area contributed by atoms with Crippen molar-refractivity contribution < 1.29 is 9.84 Å². The van der Waals surface area contributed by atoms with Crippen molar-refractivity contribution in [1.82, 2.24) is 9.13 Å². The molecule has 1 aromatic heterocycles. The zero-order valence-electron chi connectivity index (χ0n) is 9.80. The molecule has 17 heavy (non-hydrogen) atoms. The van der Waals surface area contributed by atoms with E-state index in [1.54, 1.807) is 19.3 Å². The van der Waals surface area contributed by atoms with Gasteiger partial charge >= 0.3 is 5.69 Å². The lowest BCUT2D eigenvalue weighted by Gasteiger charge is -2.16. The standard InChI is InChI=1S/C11H17N3O3/c1-13-9(12)4-6-14(11(13)16)10-3-2-8(17-10)5-7-15/h4,6,8,10,12,15H,2-3,5,7H2,1H3. The Morgan fingerprint density at radius 1 is 1.59 bits per heavy atom. The first-order chi connectivity index (χ1) is 8.13. The van der Waals surface area contributed by atoms with Crippen LogP contribution >= 0.6 is 0 Å². The first kappa shape index (κ1) is 12.1. The molecule has 0 aliphatic carbocycles. The fourth-order valence-electron chi connectivity index (χ4n) is 2.07.